The molecule has 1 aliphatic heterocycles. The summed E-state index contributed by atoms with van der Waals surface area (Å²) in [6, 6.07) is 2.73. The summed E-state index contributed by atoms with van der Waals surface area (Å²) in [5.41, 5.74) is 0.501. The van der Waals surface area contributed by atoms with Crippen LogP contribution in [0.1, 0.15) is 67.0 Å². The van der Waals surface area contributed by atoms with Crippen molar-refractivity contribution in [1.29, 1.82) is 0 Å². The Hall–Kier alpha value is -2.49. The van der Waals surface area contributed by atoms with E-state index in [1.54, 1.807) is 16.3 Å². The van der Waals surface area contributed by atoms with Crippen molar-refractivity contribution >= 4 is 23.1 Å². The molecular weight excluding hydrogens is 415 g/mol. The fourth-order valence-electron chi connectivity index (χ4n) is 3.64. The Bertz CT molecular complexity index is 1060. The van der Waals surface area contributed by atoms with E-state index < -0.39 is 11.9 Å². The van der Waals surface area contributed by atoms with Gasteiger partial charge in [-0.1, -0.05) is 20.8 Å². The number of rotatable bonds is 2. The first-order valence-electron chi connectivity index (χ1n) is 9.71. The highest BCUT2D eigenvalue weighted by atomic mass is 32.1. The molecular formula is C20H22F3N5OS. The molecule has 0 saturated carbocycles. The number of aromatic nitrogens is 4. The number of piperidine rings is 1. The molecule has 1 amide bonds. The van der Waals surface area contributed by atoms with Crippen LogP contribution in [-0.4, -0.2) is 42.9 Å². The second kappa shape index (κ2) is 7.33. The number of fused-ring (bicyclic) bond motifs is 1. The highest BCUT2D eigenvalue weighted by Crippen LogP contribution is 2.35. The van der Waals surface area contributed by atoms with Crippen LogP contribution in [0.15, 0.2) is 23.7 Å². The number of nitrogens with zero attached hydrogens (tertiary/aromatic N) is 5. The number of carbonyl (C=O) groups excluding carboxylic acids is 1. The zero-order valence-electron chi connectivity index (χ0n) is 16.9. The largest absolute Gasteiger partial charge is 0.433 e. The predicted molar refractivity (Wildman–Crippen MR) is 107 cm³/mol. The van der Waals surface area contributed by atoms with E-state index in [1.165, 1.54) is 17.7 Å². The Morgan fingerprint density at radius 1 is 1.17 bits per heavy atom. The van der Waals surface area contributed by atoms with Gasteiger partial charge in [0.05, 0.1) is 17.5 Å². The molecule has 0 unspecified atom stereocenters. The van der Waals surface area contributed by atoms with Gasteiger partial charge in [-0.2, -0.15) is 18.3 Å². The third-order valence-corrected chi connectivity index (χ3v) is 5.97. The van der Waals surface area contributed by atoms with E-state index in [-0.39, 0.29) is 22.9 Å². The van der Waals surface area contributed by atoms with Crippen molar-refractivity contribution < 1.29 is 18.0 Å². The lowest BCUT2D eigenvalue weighted by molar-refractivity contribution is -0.142. The van der Waals surface area contributed by atoms with Crippen molar-refractivity contribution in [3.8, 4) is 0 Å². The lowest BCUT2D eigenvalue weighted by Crippen LogP contribution is -2.38. The van der Waals surface area contributed by atoms with Gasteiger partial charge in [-0.15, -0.1) is 0 Å². The molecule has 1 saturated heterocycles. The molecule has 4 heterocycles. The van der Waals surface area contributed by atoms with Crippen LogP contribution in [0, 0.1) is 0 Å². The molecule has 4 rings (SSSR count). The molecule has 3 aromatic rings. The SMILES string of the molecule is CC(C)(C)c1cc2nc(C3CCN(C(=O)c4cnsc4)CC3)cc(C(F)(F)F)n2n1. The van der Waals surface area contributed by atoms with E-state index in [4.69, 9.17) is 0 Å². The maximum Gasteiger partial charge on any atom is 0.433 e. The van der Waals surface area contributed by atoms with E-state index in [1.807, 2.05) is 20.8 Å². The summed E-state index contributed by atoms with van der Waals surface area (Å²) in [4.78, 5) is 18.7. The number of alkyl halides is 3. The Labute approximate surface area is 175 Å². The van der Waals surface area contributed by atoms with Crippen molar-refractivity contribution in [3.63, 3.8) is 0 Å². The molecule has 0 spiro atoms. The summed E-state index contributed by atoms with van der Waals surface area (Å²) in [6.45, 7) is 6.65. The Kier molecular flexibility index (Phi) is 5.08. The first kappa shape index (κ1) is 20.8. The summed E-state index contributed by atoms with van der Waals surface area (Å²) in [7, 11) is 0. The molecule has 0 radical (unpaired) electrons. The minimum atomic E-state index is -4.54. The topological polar surface area (TPSA) is 63.4 Å². The molecule has 6 nitrogen and oxygen atoms in total. The number of carbonyl (C=O) groups is 1. The minimum Gasteiger partial charge on any atom is -0.339 e. The number of hydrogen-bond acceptors (Lipinski definition) is 5. The van der Waals surface area contributed by atoms with Crippen molar-refractivity contribution in [1.82, 2.24) is 23.9 Å². The van der Waals surface area contributed by atoms with Gasteiger partial charge in [-0.25, -0.2) is 13.9 Å². The maximum absolute atomic E-state index is 13.7. The van der Waals surface area contributed by atoms with Gasteiger partial charge in [0.2, 0.25) is 0 Å². The molecule has 0 aromatic carbocycles. The lowest BCUT2D eigenvalue weighted by Gasteiger charge is -2.31. The summed E-state index contributed by atoms with van der Waals surface area (Å²) >= 11 is 1.22. The second-order valence-corrected chi connectivity index (χ2v) is 9.25. The van der Waals surface area contributed by atoms with Crippen LogP contribution in [0.25, 0.3) is 5.65 Å². The Morgan fingerprint density at radius 2 is 1.87 bits per heavy atom. The van der Waals surface area contributed by atoms with Crippen molar-refractivity contribution in [2.24, 2.45) is 0 Å². The fraction of sp³-hybridized carbons (Fsp3) is 0.500. The summed E-state index contributed by atoms with van der Waals surface area (Å²) in [5, 5.41) is 5.88. The monoisotopic (exact) mass is 437 g/mol. The predicted octanol–water partition coefficient (Wildman–Crippen LogP) is 4.52. The normalized spacial score (nSPS) is 16.4. The average molecular weight is 437 g/mol. The third kappa shape index (κ3) is 3.92. The van der Waals surface area contributed by atoms with Crippen LogP contribution in [0.3, 0.4) is 0 Å². The zero-order chi connectivity index (χ0) is 21.7. The van der Waals surface area contributed by atoms with E-state index in [0.717, 1.165) is 10.6 Å². The first-order valence-corrected chi connectivity index (χ1v) is 10.5. The van der Waals surface area contributed by atoms with Crippen LogP contribution in [-0.2, 0) is 11.6 Å². The van der Waals surface area contributed by atoms with Crippen LogP contribution in [0.4, 0.5) is 13.2 Å². The highest BCUT2D eigenvalue weighted by molar-refractivity contribution is 7.03. The fourth-order valence-corrected chi connectivity index (χ4v) is 4.15. The third-order valence-electron chi connectivity index (χ3n) is 5.39. The molecule has 160 valence electrons. The molecule has 0 bridgehead atoms. The second-order valence-electron chi connectivity index (χ2n) is 8.59. The van der Waals surface area contributed by atoms with E-state index >= 15 is 0 Å². The number of amides is 1. The molecule has 3 aromatic heterocycles. The van der Waals surface area contributed by atoms with Gasteiger partial charge in [-0.3, -0.25) is 4.79 Å². The van der Waals surface area contributed by atoms with Crippen LogP contribution >= 0.6 is 11.5 Å². The van der Waals surface area contributed by atoms with Gasteiger partial charge in [0.1, 0.15) is 5.69 Å². The molecule has 0 N–H and O–H groups in total. The highest BCUT2D eigenvalue weighted by Gasteiger charge is 2.37. The van der Waals surface area contributed by atoms with Gasteiger partial charge >= 0.3 is 6.18 Å². The molecule has 1 aliphatic rings. The van der Waals surface area contributed by atoms with Crippen molar-refractivity contribution in [2.45, 2.75) is 51.1 Å². The lowest BCUT2D eigenvalue weighted by atomic mass is 9.92. The van der Waals surface area contributed by atoms with Gasteiger partial charge in [0, 0.05) is 41.6 Å². The zero-order valence-corrected chi connectivity index (χ0v) is 17.7. The van der Waals surface area contributed by atoms with E-state index in [9.17, 15) is 18.0 Å². The van der Waals surface area contributed by atoms with Crippen LogP contribution in [0.5, 0.6) is 0 Å². The van der Waals surface area contributed by atoms with E-state index in [0.29, 0.717) is 42.9 Å². The molecule has 0 aliphatic carbocycles. The molecule has 1 fully saturated rings. The summed E-state index contributed by atoms with van der Waals surface area (Å²) < 4.78 is 46.1. The van der Waals surface area contributed by atoms with E-state index in [2.05, 4.69) is 14.5 Å². The Morgan fingerprint density at radius 3 is 2.43 bits per heavy atom. The quantitative estimate of drug-likeness (QED) is 0.591. The van der Waals surface area contributed by atoms with Gasteiger partial charge in [0.25, 0.3) is 5.91 Å². The van der Waals surface area contributed by atoms with Crippen LogP contribution < -0.4 is 0 Å². The first-order chi connectivity index (χ1) is 14.0. The summed E-state index contributed by atoms with van der Waals surface area (Å²) in [5.74, 6) is -0.235. The molecule has 10 heteroatoms. The number of likely N-dealkylation sites (tertiary alicyclic amines) is 1. The van der Waals surface area contributed by atoms with Gasteiger partial charge in [0.15, 0.2) is 5.65 Å². The smallest absolute Gasteiger partial charge is 0.339 e. The van der Waals surface area contributed by atoms with Gasteiger partial charge < -0.3 is 4.90 Å². The number of hydrogen-bond donors (Lipinski definition) is 0. The summed E-state index contributed by atoms with van der Waals surface area (Å²) in [6.07, 6.45) is -1.88. The van der Waals surface area contributed by atoms with Crippen molar-refractivity contribution in [3.05, 3.63) is 46.4 Å². The number of halogens is 3. The standard InChI is InChI=1S/C20H22F3N5OS/c1-19(2,3)15-9-17-25-14(8-16(20(21,22)23)28(17)26-15)12-4-6-27(7-5-12)18(29)13-10-24-30-11-13/h8-12H,4-7H2,1-3H3. The molecule has 0 atom stereocenters. The average Bonchev–Trinajstić information content (AvgIpc) is 3.35. The van der Waals surface area contributed by atoms with Crippen molar-refractivity contribution in [2.75, 3.05) is 13.1 Å². The van der Waals surface area contributed by atoms with Gasteiger partial charge in [-0.05, 0) is 30.4 Å². The maximum atomic E-state index is 13.7. The molecule has 30 heavy (non-hydrogen) atoms. The Balaban J connectivity index is 1.62. The van der Waals surface area contributed by atoms with Crippen LogP contribution in [0.2, 0.25) is 0 Å². The minimum absolute atomic E-state index is 0.0906.